The number of dihydropyridines is 1. The van der Waals surface area contributed by atoms with Gasteiger partial charge in [-0.1, -0.05) is 31.2 Å². The number of esters is 1. The Balaban J connectivity index is 1.79. The van der Waals surface area contributed by atoms with Crippen LogP contribution in [0.4, 0.5) is 0 Å². The summed E-state index contributed by atoms with van der Waals surface area (Å²) >= 11 is 0. The van der Waals surface area contributed by atoms with Crippen LogP contribution in [0.25, 0.3) is 0 Å². The molecule has 0 spiro atoms. The summed E-state index contributed by atoms with van der Waals surface area (Å²) in [6, 6.07) is 13.3. The summed E-state index contributed by atoms with van der Waals surface area (Å²) in [6.45, 7) is 5.70. The molecule has 0 saturated heterocycles. The van der Waals surface area contributed by atoms with Gasteiger partial charge in [-0.25, -0.2) is 4.79 Å². The molecule has 2 aromatic carbocycles. The van der Waals surface area contributed by atoms with Crippen LogP contribution in [-0.2, 0) is 14.3 Å². The molecule has 37 heavy (non-hydrogen) atoms. The minimum absolute atomic E-state index is 0.00854. The summed E-state index contributed by atoms with van der Waals surface area (Å²) in [7, 11) is 4.79. The highest BCUT2D eigenvalue weighted by atomic mass is 16.5. The molecule has 1 aliphatic carbocycles. The van der Waals surface area contributed by atoms with Gasteiger partial charge in [-0.2, -0.15) is 0 Å². The Morgan fingerprint density at radius 2 is 1.70 bits per heavy atom. The zero-order chi connectivity index (χ0) is 26.7. The third-order valence-corrected chi connectivity index (χ3v) is 7.26. The van der Waals surface area contributed by atoms with Crippen LogP contribution in [0, 0.1) is 0 Å². The first kappa shape index (κ1) is 26.3. The molecule has 0 amide bonds. The van der Waals surface area contributed by atoms with E-state index in [1.54, 1.807) is 21.3 Å². The Labute approximate surface area is 218 Å². The lowest BCUT2D eigenvalue weighted by Crippen LogP contribution is -2.36. The quantitative estimate of drug-likeness (QED) is 0.480. The number of hydrogen-bond acceptors (Lipinski definition) is 7. The summed E-state index contributed by atoms with van der Waals surface area (Å²) in [5.41, 5.74) is 4.32. The van der Waals surface area contributed by atoms with Crippen molar-refractivity contribution in [1.82, 2.24) is 5.32 Å². The number of methoxy groups -OCH3 is 3. The average molecular weight is 506 g/mol. The standard InChI is InChI=1S/C30H35NO6/c1-7-17(2)37-30(33)27-18(3)31-22-14-20(19-12-13-25(35-5)26(16-19)36-6)15-23(32)29(22)28(27)21-10-8-9-11-24(21)34-4/h8-13,16-17,20,28,31H,7,14-15H2,1-6H3/t17-,20-,28-/m0/s1. The van der Waals surface area contributed by atoms with Crippen molar-refractivity contribution in [3.05, 3.63) is 76.1 Å². The van der Waals surface area contributed by atoms with Crippen molar-refractivity contribution < 1.29 is 28.5 Å². The zero-order valence-corrected chi connectivity index (χ0v) is 22.3. The van der Waals surface area contributed by atoms with Crippen molar-refractivity contribution in [2.24, 2.45) is 0 Å². The number of Topliss-reactive ketones (excluding diaryl/α,β-unsaturated/α-hetero) is 1. The summed E-state index contributed by atoms with van der Waals surface area (Å²) in [5.74, 6) is 0.839. The van der Waals surface area contributed by atoms with Crippen molar-refractivity contribution in [2.75, 3.05) is 21.3 Å². The molecule has 2 aliphatic rings. The number of nitrogens with one attached hydrogen (secondary N) is 1. The number of benzene rings is 2. The van der Waals surface area contributed by atoms with E-state index in [2.05, 4.69) is 5.32 Å². The Bertz CT molecular complexity index is 1260. The van der Waals surface area contributed by atoms with E-state index in [0.29, 0.717) is 53.4 Å². The van der Waals surface area contributed by atoms with Crippen LogP contribution in [0.2, 0.25) is 0 Å². The molecule has 7 nitrogen and oxygen atoms in total. The minimum atomic E-state index is -0.581. The van der Waals surface area contributed by atoms with Gasteiger partial charge in [-0.3, -0.25) is 4.79 Å². The molecule has 196 valence electrons. The van der Waals surface area contributed by atoms with E-state index >= 15 is 0 Å². The smallest absolute Gasteiger partial charge is 0.337 e. The SMILES string of the molecule is CC[C@H](C)OC(=O)C1=C(C)NC2=C(C(=O)C[C@@H](c3ccc(OC)c(OC)c3)C2)[C@H]1c1ccccc1OC. The molecule has 1 heterocycles. The lowest BCUT2D eigenvalue weighted by atomic mass is 9.71. The summed E-state index contributed by atoms with van der Waals surface area (Å²) < 4.78 is 22.3. The molecule has 0 fully saturated rings. The second kappa shape index (κ2) is 11.1. The lowest BCUT2D eigenvalue weighted by molar-refractivity contribution is -0.144. The van der Waals surface area contributed by atoms with Gasteiger partial charge in [0.1, 0.15) is 5.75 Å². The fourth-order valence-corrected chi connectivity index (χ4v) is 5.20. The van der Waals surface area contributed by atoms with Crippen molar-refractivity contribution in [1.29, 1.82) is 0 Å². The molecular formula is C30H35NO6. The first-order valence-corrected chi connectivity index (χ1v) is 12.6. The molecule has 0 unspecified atom stereocenters. The highest BCUT2D eigenvalue weighted by molar-refractivity contribution is 6.04. The van der Waals surface area contributed by atoms with E-state index in [-0.39, 0.29) is 17.8 Å². The number of ether oxygens (including phenoxy) is 4. The molecule has 0 aromatic heterocycles. The van der Waals surface area contributed by atoms with Gasteiger partial charge >= 0.3 is 5.97 Å². The molecule has 7 heteroatoms. The molecule has 0 saturated carbocycles. The maximum atomic E-state index is 13.9. The Morgan fingerprint density at radius 3 is 2.38 bits per heavy atom. The minimum Gasteiger partial charge on any atom is -0.496 e. The number of rotatable bonds is 8. The van der Waals surface area contributed by atoms with Crippen molar-refractivity contribution in [3.63, 3.8) is 0 Å². The molecule has 0 bridgehead atoms. The largest absolute Gasteiger partial charge is 0.496 e. The lowest BCUT2D eigenvalue weighted by Gasteiger charge is -2.37. The van der Waals surface area contributed by atoms with E-state index in [0.717, 1.165) is 16.8 Å². The highest BCUT2D eigenvalue weighted by Crippen LogP contribution is 2.48. The maximum absolute atomic E-state index is 13.9. The number of ketones is 1. The van der Waals surface area contributed by atoms with Crippen molar-refractivity contribution >= 4 is 11.8 Å². The fourth-order valence-electron chi connectivity index (χ4n) is 5.20. The number of carbonyl (C=O) groups excluding carboxylic acids is 2. The summed E-state index contributed by atoms with van der Waals surface area (Å²) in [6.07, 6.45) is 1.39. The topological polar surface area (TPSA) is 83.1 Å². The van der Waals surface area contributed by atoms with E-state index in [9.17, 15) is 9.59 Å². The highest BCUT2D eigenvalue weighted by Gasteiger charge is 2.42. The molecule has 1 aliphatic heterocycles. The normalized spacial score (nSPS) is 20.1. The second-order valence-electron chi connectivity index (χ2n) is 9.50. The Morgan fingerprint density at radius 1 is 1.00 bits per heavy atom. The second-order valence-corrected chi connectivity index (χ2v) is 9.50. The predicted molar refractivity (Wildman–Crippen MR) is 141 cm³/mol. The van der Waals surface area contributed by atoms with Crippen LogP contribution in [0.15, 0.2) is 65.0 Å². The third kappa shape index (κ3) is 5.08. The van der Waals surface area contributed by atoms with Gasteiger partial charge in [0.2, 0.25) is 0 Å². The van der Waals surface area contributed by atoms with E-state index in [1.165, 1.54) is 0 Å². The van der Waals surface area contributed by atoms with Gasteiger partial charge in [-0.15, -0.1) is 0 Å². The third-order valence-electron chi connectivity index (χ3n) is 7.26. The average Bonchev–Trinajstić information content (AvgIpc) is 2.91. The predicted octanol–water partition coefficient (Wildman–Crippen LogP) is 5.42. The monoisotopic (exact) mass is 505 g/mol. The van der Waals surface area contributed by atoms with Crippen molar-refractivity contribution in [3.8, 4) is 17.2 Å². The van der Waals surface area contributed by atoms with Gasteiger partial charge in [-0.05, 0) is 56.4 Å². The van der Waals surface area contributed by atoms with Gasteiger partial charge < -0.3 is 24.3 Å². The number of para-hydroxylation sites is 1. The van der Waals surface area contributed by atoms with Gasteiger partial charge in [0.25, 0.3) is 0 Å². The molecule has 2 aromatic rings. The molecular weight excluding hydrogens is 470 g/mol. The van der Waals surface area contributed by atoms with Crippen LogP contribution in [0.1, 0.15) is 63.0 Å². The number of allylic oxidation sites excluding steroid dienone is 3. The van der Waals surface area contributed by atoms with Gasteiger partial charge in [0.15, 0.2) is 17.3 Å². The fraction of sp³-hybridized carbons (Fsp3) is 0.400. The maximum Gasteiger partial charge on any atom is 0.337 e. The van der Waals surface area contributed by atoms with Crippen molar-refractivity contribution in [2.45, 2.75) is 58.0 Å². The molecule has 0 radical (unpaired) electrons. The first-order valence-electron chi connectivity index (χ1n) is 12.6. The first-order chi connectivity index (χ1) is 17.8. The molecule has 1 N–H and O–H groups in total. The zero-order valence-electron chi connectivity index (χ0n) is 22.3. The summed E-state index contributed by atoms with van der Waals surface area (Å²) in [4.78, 5) is 27.3. The Hall–Kier alpha value is -3.74. The van der Waals surface area contributed by atoms with Crippen LogP contribution in [0.3, 0.4) is 0 Å². The van der Waals surface area contributed by atoms with E-state index < -0.39 is 11.9 Å². The molecule has 3 atom stereocenters. The van der Waals surface area contributed by atoms with Gasteiger partial charge in [0.05, 0.1) is 38.9 Å². The van der Waals surface area contributed by atoms with E-state index in [4.69, 9.17) is 18.9 Å². The van der Waals surface area contributed by atoms with E-state index in [1.807, 2.05) is 63.2 Å². The van der Waals surface area contributed by atoms with Crippen LogP contribution < -0.4 is 19.5 Å². The van der Waals surface area contributed by atoms with Crippen LogP contribution in [0.5, 0.6) is 17.2 Å². The number of hydrogen-bond donors (Lipinski definition) is 1. The molecule has 4 rings (SSSR count). The Kier molecular flexibility index (Phi) is 7.91. The summed E-state index contributed by atoms with van der Waals surface area (Å²) in [5, 5.41) is 3.40. The number of carbonyl (C=O) groups is 2. The van der Waals surface area contributed by atoms with Gasteiger partial charge in [0, 0.05) is 29.0 Å². The van der Waals surface area contributed by atoms with Crippen LogP contribution in [-0.4, -0.2) is 39.2 Å². The van der Waals surface area contributed by atoms with Crippen LogP contribution >= 0.6 is 0 Å².